The highest BCUT2D eigenvalue weighted by molar-refractivity contribution is 5.85. The average molecular weight is 399 g/mol. The Kier molecular flexibility index (Phi) is 6.27. The molecule has 1 saturated heterocycles. The van der Waals surface area contributed by atoms with Gasteiger partial charge in [-0.2, -0.15) is 0 Å². The van der Waals surface area contributed by atoms with Gasteiger partial charge in [0.25, 0.3) is 0 Å². The lowest BCUT2D eigenvalue weighted by molar-refractivity contribution is -0.150. The lowest BCUT2D eigenvalue weighted by Gasteiger charge is -2.34. The normalized spacial score (nSPS) is 24.4. The van der Waals surface area contributed by atoms with Gasteiger partial charge in [-0.1, -0.05) is 19.1 Å². The third-order valence-corrected chi connectivity index (χ3v) is 6.14. The molecular weight excluding hydrogens is 370 g/mol. The van der Waals surface area contributed by atoms with Crippen molar-refractivity contribution in [3.05, 3.63) is 54.4 Å². The van der Waals surface area contributed by atoms with E-state index in [4.69, 9.17) is 4.74 Å². The first kappa shape index (κ1) is 20.9. The second-order valence-corrected chi connectivity index (χ2v) is 7.54. The van der Waals surface area contributed by atoms with Gasteiger partial charge in [0.2, 0.25) is 5.91 Å². The van der Waals surface area contributed by atoms with Crippen LogP contribution in [0.4, 0.5) is 0 Å². The van der Waals surface area contributed by atoms with E-state index < -0.39 is 17.4 Å². The number of carbonyl (C=O) groups excluding carboxylic acids is 1. The molecular formula is C22H29N3O4. The summed E-state index contributed by atoms with van der Waals surface area (Å²) in [6.07, 6.45) is 4.60. The van der Waals surface area contributed by atoms with Gasteiger partial charge in [-0.25, -0.2) is 0 Å². The quantitative estimate of drug-likeness (QED) is 0.713. The Bertz CT molecular complexity index is 834. The summed E-state index contributed by atoms with van der Waals surface area (Å²) in [5, 5.41) is 13.0. The number of carbonyl (C=O) groups is 2. The number of likely N-dealkylation sites (tertiary alicyclic amines) is 1. The number of hydrogen-bond acceptors (Lipinski definition) is 4. The molecule has 29 heavy (non-hydrogen) atoms. The van der Waals surface area contributed by atoms with Gasteiger partial charge in [-0.15, -0.1) is 0 Å². The summed E-state index contributed by atoms with van der Waals surface area (Å²) >= 11 is 0. The van der Waals surface area contributed by atoms with Crippen molar-refractivity contribution in [2.75, 3.05) is 20.7 Å². The SMILES string of the molecule is CC[C@]1(C(=O)O)C[C@@H](C(=O)NCCn2cccc2)[C@@H](c2ccc(OC)cc2)N1C. The molecule has 0 bridgehead atoms. The molecule has 3 atom stereocenters. The largest absolute Gasteiger partial charge is 0.497 e. The molecule has 2 heterocycles. The van der Waals surface area contributed by atoms with Crippen LogP contribution in [-0.2, 0) is 16.1 Å². The van der Waals surface area contributed by atoms with Crippen LogP contribution in [-0.4, -0.2) is 52.7 Å². The molecule has 1 amide bonds. The maximum Gasteiger partial charge on any atom is 0.324 e. The fourth-order valence-corrected chi connectivity index (χ4v) is 4.39. The maximum absolute atomic E-state index is 13.1. The maximum atomic E-state index is 13.1. The standard InChI is InChI=1S/C22H29N3O4/c1-4-22(21(27)28)15-18(20(26)23-11-14-25-12-5-6-13-25)19(24(22)2)16-7-9-17(29-3)10-8-16/h5-10,12-13,18-19H,4,11,14-15H2,1-3H3,(H,23,26)(H,27,28)/t18-,19-,22-/m1/s1. The number of nitrogens with one attached hydrogen (secondary N) is 1. The molecule has 0 aliphatic carbocycles. The number of carboxylic acid groups (broad SMARTS) is 1. The number of benzene rings is 1. The number of hydrogen-bond donors (Lipinski definition) is 2. The van der Waals surface area contributed by atoms with Crippen molar-refractivity contribution in [1.29, 1.82) is 0 Å². The van der Waals surface area contributed by atoms with Gasteiger partial charge in [0.05, 0.1) is 13.0 Å². The molecule has 0 saturated carbocycles. The first-order valence-corrected chi connectivity index (χ1v) is 9.91. The van der Waals surface area contributed by atoms with E-state index >= 15 is 0 Å². The summed E-state index contributed by atoms with van der Waals surface area (Å²) < 4.78 is 7.23. The molecule has 7 nitrogen and oxygen atoms in total. The van der Waals surface area contributed by atoms with Crippen LogP contribution in [0.1, 0.15) is 31.4 Å². The highest BCUT2D eigenvalue weighted by Crippen LogP contribution is 2.47. The van der Waals surface area contributed by atoms with E-state index in [1.54, 1.807) is 14.2 Å². The highest BCUT2D eigenvalue weighted by atomic mass is 16.5. The number of rotatable bonds is 8. The van der Waals surface area contributed by atoms with Crippen LogP contribution in [0.25, 0.3) is 0 Å². The lowest BCUT2D eigenvalue weighted by atomic mass is 9.87. The van der Waals surface area contributed by atoms with Crippen LogP contribution in [0.5, 0.6) is 5.75 Å². The van der Waals surface area contributed by atoms with E-state index in [2.05, 4.69) is 5.32 Å². The van der Waals surface area contributed by atoms with Gasteiger partial charge in [0.15, 0.2) is 0 Å². The number of nitrogens with zero attached hydrogens (tertiary/aromatic N) is 2. The number of methoxy groups -OCH3 is 1. The Balaban J connectivity index is 1.83. The van der Waals surface area contributed by atoms with Crippen molar-refractivity contribution in [3.63, 3.8) is 0 Å². The number of amides is 1. The first-order valence-electron chi connectivity index (χ1n) is 9.91. The van der Waals surface area contributed by atoms with Gasteiger partial charge >= 0.3 is 5.97 Å². The lowest BCUT2D eigenvalue weighted by Crippen LogP contribution is -2.48. The van der Waals surface area contributed by atoms with E-state index in [9.17, 15) is 14.7 Å². The molecule has 1 aliphatic heterocycles. The zero-order chi connectivity index (χ0) is 21.0. The number of carboxylic acids is 1. The Morgan fingerprint density at radius 2 is 1.90 bits per heavy atom. The van der Waals surface area contributed by atoms with Gasteiger partial charge in [-0.05, 0) is 49.7 Å². The number of aliphatic carboxylic acids is 1. The molecule has 3 rings (SSSR count). The van der Waals surface area contributed by atoms with Gasteiger partial charge < -0.3 is 19.7 Å². The fraction of sp³-hybridized carbons (Fsp3) is 0.455. The van der Waals surface area contributed by atoms with Crippen LogP contribution in [0, 0.1) is 5.92 Å². The Labute approximate surface area is 171 Å². The molecule has 0 spiro atoms. The second kappa shape index (κ2) is 8.69. The van der Waals surface area contributed by atoms with Crippen LogP contribution in [0.2, 0.25) is 0 Å². The minimum absolute atomic E-state index is 0.110. The van der Waals surface area contributed by atoms with Crippen LogP contribution < -0.4 is 10.1 Å². The van der Waals surface area contributed by atoms with Crippen LogP contribution in [0.3, 0.4) is 0 Å². The third-order valence-electron chi connectivity index (χ3n) is 6.14. The van der Waals surface area contributed by atoms with E-state index in [1.165, 1.54) is 0 Å². The predicted molar refractivity (Wildman–Crippen MR) is 110 cm³/mol. The summed E-state index contributed by atoms with van der Waals surface area (Å²) in [6.45, 7) is 3.03. The van der Waals surface area contributed by atoms with E-state index in [0.717, 1.165) is 11.3 Å². The van der Waals surface area contributed by atoms with E-state index in [0.29, 0.717) is 19.5 Å². The molecule has 7 heteroatoms. The monoisotopic (exact) mass is 399 g/mol. The molecule has 0 radical (unpaired) electrons. The van der Waals surface area contributed by atoms with Gasteiger partial charge in [0, 0.05) is 31.5 Å². The Morgan fingerprint density at radius 3 is 2.45 bits per heavy atom. The van der Waals surface area contributed by atoms with Crippen molar-refractivity contribution in [3.8, 4) is 5.75 Å². The predicted octanol–water partition coefficient (Wildman–Crippen LogP) is 2.54. The minimum atomic E-state index is -1.06. The van der Waals surface area contributed by atoms with Crippen molar-refractivity contribution >= 4 is 11.9 Å². The summed E-state index contributed by atoms with van der Waals surface area (Å²) in [5.41, 5.74) is -0.150. The van der Waals surface area contributed by atoms with Gasteiger partial charge in [-0.3, -0.25) is 14.5 Å². The molecule has 1 aromatic heterocycles. The van der Waals surface area contributed by atoms with Crippen LogP contribution in [0.15, 0.2) is 48.8 Å². The summed E-state index contributed by atoms with van der Waals surface area (Å²) in [6, 6.07) is 11.1. The topological polar surface area (TPSA) is 83.8 Å². The Hall–Kier alpha value is -2.80. The molecule has 2 N–H and O–H groups in total. The first-order chi connectivity index (χ1) is 13.9. The van der Waals surface area contributed by atoms with Crippen molar-refractivity contribution in [1.82, 2.24) is 14.8 Å². The summed E-state index contributed by atoms with van der Waals surface area (Å²) in [4.78, 5) is 27.1. The van der Waals surface area contributed by atoms with Gasteiger partial charge in [0.1, 0.15) is 11.3 Å². The Morgan fingerprint density at radius 1 is 1.24 bits per heavy atom. The van der Waals surface area contributed by atoms with Crippen molar-refractivity contribution in [2.45, 2.75) is 37.9 Å². The second-order valence-electron chi connectivity index (χ2n) is 7.54. The number of ether oxygens (including phenoxy) is 1. The summed E-state index contributed by atoms with van der Waals surface area (Å²) in [5.74, 6) is -0.721. The molecule has 1 fully saturated rings. The number of likely N-dealkylation sites (N-methyl/N-ethyl adjacent to an activating group) is 1. The molecule has 1 aliphatic rings. The average Bonchev–Trinajstić information content (AvgIpc) is 3.34. The molecule has 1 aromatic carbocycles. The zero-order valence-corrected chi connectivity index (χ0v) is 17.2. The minimum Gasteiger partial charge on any atom is -0.497 e. The highest BCUT2D eigenvalue weighted by Gasteiger charge is 2.56. The molecule has 156 valence electrons. The van der Waals surface area contributed by atoms with Crippen molar-refractivity contribution in [2.24, 2.45) is 5.92 Å². The summed E-state index contributed by atoms with van der Waals surface area (Å²) in [7, 11) is 3.41. The number of aromatic nitrogens is 1. The fourth-order valence-electron chi connectivity index (χ4n) is 4.39. The van der Waals surface area contributed by atoms with E-state index in [1.807, 2.05) is 65.2 Å². The smallest absolute Gasteiger partial charge is 0.324 e. The van der Waals surface area contributed by atoms with Crippen molar-refractivity contribution < 1.29 is 19.4 Å². The zero-order valence-electron chi connectivity index (χ0n) is 17.2. The third kappa shape index (κ3) is 4.00. The van der Waals surface area contributed by atoms with E-state index in [-0.39, 0.29) is 18.4 Å². The molecule has 2 aromatic rings. The molecule has 0 unspecified atom stereocenters. The van der Waals surface area contributed by atoms with Crippen LogP contribution >= 0.6 is 0 Å².